The molecule has 2 saturated carbocycles. The van der Waals surface area contributed by atoms with Crippen molar-refractivity contribution in [1.29, 1.82) is 0 Å². The van der Waals surface area contributed by atoms with Gasteiger partial charge in [-0.25, -0.2) is 8.42 Å². The Hall–Kier alpha value is -1.44. The van der Waals surface area contributed by atoms with Crippen LogP contribution >= 0.6 is 0 Å². The van der Waals surface area contributed by atoms with Gasteiger partial charge in [-0.15, -0.1) is 0 Å². The number of carbonyl (C=O) groups excluding carboxylic acids is 1. The summed E-state index contributed by atoms with van der Waals surface area (Å²) < 4.78 is 27.9. The smallest absolute Gasteiger partial charge is 0.243 e. The highest BCUT2D eigenvalue weighted by Crippen LogP contribution is 2.33. The molecule has 0 bridgehead atoms. The lowest BCUT2D eigenvalue weighted by Gasteiger charge is -2.36. The maximum absolute atomic E-state index is 13.2. The lowest BCUT2D eigenvalue weighted by atomic mass is 9.78. The summed E-state index contributed by atoms with van der Waals surface area (Å²) in [6, 6.07) is 7.85. The van der Waals surface area contributed by atoms with Gasteiger partial charge in [0, 0.05) is 32.2 Å². The molecule has 3 fully saturated rings. The predicted octanol–water partition coefficient (Wildman–Crippen LogP) is 3.98. The van der Waals surface area contributed by atoms with E-state index in [2.05, 4.69) is 24.1 Å². The first-order valence-corrected chi connectivity index (χ1v) is 14.4. The van der Waals surface area contributed by atoms with Crippen LogP contribution in [-0.2, 0) is 14.8 Å². The average Bonchev–Trinajstić information content (AvgIpc) is 2.83. The monoisotopic (exact) mass is 475 g/mol. The Labute approximate surface area is 200 Å². The number of amides is 1. The number of nitrogens with one attached hydrogen (secondary N) is 1. The number of sulfonamides is 1. The Balaban J connectivity index is 1.27. The first-order chi connectivity index (χ1) is 15.8. The quantitative estimate of drug-likeness (QED) is 0.676. The molecule has 184 valence electrons. The van der Waals surface area contributed by atoms with E-state index in [1.165, 1.54) is 50.5 Å². The van der Waals surface area contributed by atoms with Crippen LogP contribution in [-0.4, -0.2) is 62.3 Å². The van der Waals surface area contributed by atoms with Gasteiger partial charge in [0.05, 0.1) is 11.4 Å². The molecule has 1 aromatic rings. The van der Waals surface area contributed by atoms with Crippen molar-refractivity contribution < 1.29 is 13.2 Å². The Morgan fingerprint density at radius 1 is 0.909 bits per heavy atom. The second-order valence-corrected chi connectivity index (χ2v) is 12.5. The zero-order chi connectivity index (χ0) is 23.4. The molecule has 1 amide bonds. The van der Waals surface area contributed by atoms with Gasteiger partial charge in [-0.05, 0) is 54.7 Å². The van der Waals surface area contributed by atoms with Crippen LogP contribution in [0.1, 0.15) is 76.7 Å². The van der Waals surface area contributed by atoms with E-state index >= 15 is 0 Å². The summed E-state index contributed by atoms with van der Waals surface area (Å²) in [5.74, 6) is 1.80. The van der Waals surface area contributed by atoms with Gasteiger partial charge in [-0.3, -0.25) is 9.69 Å². The van der Waals surface area contributed by atoms with E-state index in [1.54, 1.807) is 16.4 Å². The first-order valence-electron chi connectivity index (χ1n) is 13.0. The fourth-order valence-corrected chi connectivity index (χ4v) is 7.29. The Morgan fingerprint density at radius 2 is 1.58 bits per heavy atom. The maximum atomic E-state index is 13.2. The SMILES string of the molecule is C[C@H]1[C@H](C)CCC[C@@H]1NC(=O)CN1CCN(S(=O)(=O)c2ccc(C3CCCCC3)cc2)CC1. The molecule has 6 nitrogen and oxygen atoms in total. The fraction of sp³-hybridized carbons (Fsp3) is 0.731. The summed E-state index contributed by atoms with van der Waals surface area (Å²) in [6.07, 6.45) is 9.75. The molecule has 0 unspecified atom stereocenters. The topological polar surface area (TPSA) is 69.7 Å². The van der Waals surface area contributed by atoms with Crippen molar-refractivity contribution in [2.45, 2.75) is 82.1 Å². The zero-order valence-electron chi connectivity index (χ0n) is 20.3. The molecule has 1 heterocycles. The van der Waals surface area contributed by atoms with Gasteiger partial charge in [-0.2, -0.15) is 4.31 Å². The fourth-order valence-electron chi connectivity index (χ4n) is 5.87. The highest BCUT2D eigenvalue weighted by Gasteiger charge is 2.31. The predicted molar refractivity (Wildman–Crippen MR) is 132 cm³/mol. The summed E-state index contributed by atoms with van der Waals surface area (Å²) in [6.45, 7) is 6.88. The lowest BCUT2D eigenvalue weighted by molar-refractivity contribution is -0.124. The summed E-state index contributed by atoms with van der Waals surface area (Å²) >= 11 is 0. The van der Waals surface area contributed by atoms with Gasteiger partial charge in [0.1, 0.15) is 0 Å². The largest absolute Gasteiger partial charge is 0.352 e. The van der Waals surface area contributed by atoms with Crippen molar-refractivity contribution in [1.82, 2.24) is 14.5 Å². The van der Waals surface area contributed by atoms with Crippen LogP contribution in [0.5, 0.6) is 0 Å². The Bertz CT molecular complexity index is 888. The van der Waals surface area contributed by atoms with Gasteiger partial charge >= 0.3 is 0 Å². The minimum Gasteiger partial charge on any atom is -0.352 e. The van der Waals surface area contributed by atoms with E-state index in [-0.39, 0.29) is 11.9 Å². The Morgan fingerprint density at radius 3 is 2.24 bits per heavy atom. The second kappa shape index (κ2) is 10.9. The Kier molecular flexibility index (Phi) is 8.13. The normalized spacial score (nSPS) is 28.5. The molecule has 33 heavy (non-hydrogen) atoms. The summed E-state index contributed by atoms with van der Waals surface area (Å²) in [7, 11) is -3.49. The van der Waals surface area contributed by atoms with Gasteiger partial charge in [0.15, 0.2) is 0 Å². The molecule has 0 spiro atoms. The third-order valence-electron chi connectivity index (χ3n) is 8.35. The second-order valence-electron chi connectivity index (χ2n) is 10.5. The van der Waals surface area contributed by atoms with Crippen molar-refractivity contribution in [3.05, 3.63) is 29.8 Å². The van der Waals surface area contributed by atoms with Crippen LogP contribution in [0, 0.1) is 11.8 Å². The minimum atomic E-state index is -3.49. The van der Waals surface area contributed by atoms with E-state index in [1.807, 2.05) is 12.1 Å². The molecule has 3 atom stereocenters. The van der Waals surface area contributed by atoms with Gasteiger partial charge in [0.2, 0.25) is 15.9 Å². The number of carbonyl (C=O) groups is 1. The standard InChI is InChI=1S/C26H41N3O3S/c1-20-7-6-10-25(21(20)2)27-26(30)19-28-15-17-29(18-16-28)33(31,32)24-13-11-23(12-14-24)22-8-4-3-5-9-22/h11-14,20-22,25H,3-10,15-19H2,1-2H3,(H,27,30)/t20-,21+,25+/m1/s1. The molecule has 3 aliphatic rings. The number of hydrogen-bond acceptors (Lipinski definition) is 4. The van der Waals surface area contributed by atoms with Crippen LogP contribution in [0.2, 0.25) is 0 Å². The molecular weight excluding hydrogens is 434 g/mol. The van der Waals surface area contributed by atoms with E-state index in [4.69, 9.17) is 0 Å². The highest BCUT2D eigenvalue weighted by atomic mass is 32.2. The highest BCUT2D eigenvalue weighted by molar-refractivity contribution is 7.89. The van der Waals surface area contributed by atoms with E-state index in [9.17, 15) is 13.2 Å². The van der Waals surface area contributed by atoms with Crippen molar-refractivity contribution in [2.24, 2.45) is 11.8 Å². The molecule has 1 aromatic carbocycles. The van der Waals surface area contributed by atoms with Crippen molar-refractivity contribution in [3.63, 3.8) is 0 Å². The molecule has 1 aliphatic heterocycles. The van der Waals surface area contributed by atoms with Crippen LogP contribution in [0.3, 0.4) is 0 Å². The van der Waals surface area contributed by atoms with Crippen LogP contribution in [0.25, 0.3) is 0 Å². The number of hydrogen-bond donors (Lipinski definition) is 1. The molecule has 7 heteroatoms. The number of benzene rings is 1. The molecule has 1 N–H and O–H groups in total. The number of piperazine rings is 1. The van der Waals surface area contributed by atoms with E-state index in [0.717, 1.165) is 6.42 Å². The first kappa shape index (κ1) is 24.7. The van der Waals surface area contributed by atoms with E-state index in [0.29, 0.717) is 55.4 Å². The zero-order valence-corrected chi connectivity index (χ0v) is 21.2. The summed E-state index contributed by atoms with van der Waals surface area (Å²) in [4.78, 5) is 15.1. The number of rotatable bonds is 6. The number of nitrogens with zero attached hydrogens (tertiary/aromatic N) is 2. The molecule has 0 radical (unpaired) electrons. The molecule has 4 rings (SSSR count). The average molecular weight is 476 g/mol. The summed E-state index contributed by atoms with van der Waals surface area (Å²) in [5, 5.41) is 3.23. The van der Waals surface area contributed by atoms with Crippen molar-refractivity contribution in [3.8, 4) is 0 Å². The van der Waals surface area contributed by atoms with E-state index < -0.39 is 10.0 Å². The molecule has 0 aromatic heterocycles. The van der Waals surface area contributed by atoms with Crippen molar-refractivity contribution >= 4 is 15.9 Å². The molecular formula is C26H41N3O3S. The maximum Gasteiger partial charge on any atom is 0.243 e. The van der Waals surface area contributed by atoms with Gasteiger partial charge in [0.25, 0.3) is 0 Å². The van der Waals surface area contributed by atoms with Gasteiger partial charge < -0.3 is 5.32 Å². The third-order valence-corrected chi connectivity index (χ3v) is 10.3. The summed E-state index contributed by atoms with van der Waals surface area (Å²) in [5.41, 5.74) is 1.27. The molecule has 1 saturated heterocycles. The van der Waals surface area contributed by atoms with Crippen molar-refractivity contribution in [2.75, 3.05) is 32.7 Å². The van der Waals surface area contributed by atoms with Crippen LogP contribution in [0.15, 0.2) is 29.2 Å². The van der Waals surface area contributed by atoms with Crippen LogP contribution in [0.4, 0.5) is 0 Å². The third kappa shape index (κ3) is 5.98. The van der Waals surface area contributed by atoms with Gasteiger partial charge in [-0.1, -0.05) is 58.1 Å². The minimum absolute atomic E-state index is 0.0653. The molecule has 2 aliphatic carbocycles. The van der Waals surface area contributed by atoms with Crippen LogP contribution < -0.4 is 5.32 Å². The lowest BCUT2D eigenvalue weighted by Crippen LogP contribution is -2.52.